The summed E-state index contributed by atoms with van der Waals surface area (Å²) in [5.74, 6) is 1.61. The Bertz CT molecular complexity index is 494. The number of hydrogen-bond acceptors (Lipinski definition) is 2. The number of rotatable bonds is 2. The fourth-order valence-corrected chi connectivity index (χ4v) is 3.78. The maximum absolute atomic E-state index is 12.3. The van der Waals surface area contributed by atoms with E-state index >= 15 is 0 Å². The molecule has 2 fully saturated rings. The van der Waals surface area contributed by atoms with Gasteiger partial charge < -0.3 is 5.32 Å². The van der Waals surface area contributed by atoms with Gasteiger partial charge in [-0.05, 0) is 53.1 Å². The molecule has 3 atom stereocenters. The summed E-state index contributed by atoms with van der Waals surface area (Å²) >= 11 is 9.31. The molecule has 3 unspecified atom stereocenters. The van der Waals surface area contributed by atoms with Gasteiger partial charge in [0.1, 0.15) is 0 Å². The summed E-state index contributed by atoms with van der Waals surface area (Å²) < 4.78 is 0.815. The first-order chi connectivity index (χ1) is 8.63. The van der Waals surface area contributed by atoms with Crippen molar-refractivity contribution >= 4 is 39.1 Å². The van der Waals surface area contributed by atoms with Crippen molar-refractivity contribution in [3.8, 4) is 0 Å². The average molecular weight is 330 g/mol. The first-order valence-corrected chi connectivity index (χ1v) is 7.42. The SMILES string of the molecule is O=C(Nc1cc(Br)cnc1Cl)C1CC2CCC1C2. The zero-order valence-electron chi connectivity index (χ0n) is 9.83. The van der Waals surface area contributed by atoms with E-state index < -0.39 is 0 Å². The molecule has 0 radical (unpaired) electrons. The third-order valence-electron chi connectivity index (χ3n) is 4.14. The molecule has 1 aromatic rings. The standard InChI is InChI=1S/C13H14BrClN2O/c14-9-5-11(12(15)16-6-9)17-13(18)10-4-7-1-2-8(10)3-7/h5-8,10H,1-4H2,(H,17,18). The third-order valence-corrected chi connectivity index (χ3v) is 4.87. The van der Waals surface area contributed by atoms with Gasteiger partial charge in [0, 0.05) is 16.6 Å². The molecule has 5 heteroatoms. The Kier molecular flexibility index (Phi) is 3.32. The van der Waals surface area contributed by atoms with Gasteiger partial charge in [-0.25, -0.2) is 4.98 Å². The van der Waals surface area contributed by atoms with Crippen molar-refractivity contribution < 1.29 is 4.79 Å². The first kappa shape index (κ1) is 12.4. The minimum absolute atomic E-state index is 0.101. The smallest absolute Gasteiger partial charge is 0.227 e. The summed E-state index contributed by atoms with van der Waals surface area (Å²) in [6.07, 6.45) is 6.38. The summed E-state index contributed by atoms with van der Waals surface area (Å²) in [6.45, 7) is 0. The Morgan fingerprint density at radius 1 is 1.44 bits per heavy atom. The second kappa shape index (κ2) is 4.82. The Morgan fingerprint density at radius 2 is 2.28 bits per heavy atom. The van der Waals surface area contributed by atoms with Crippen molar-refractivity contribution in [3.63, 3.8) is 0 Å². The molecule has 1 heterocycles. The van der Waals surface area contributed by atoms with Crippen molar-refractivity contribution in [2.24, 2.45) is 17.8 Å². The number of pyridine rings is 1. The zero-order chi connectivity index (χ0) is 12.7. The third kappa shape index (κ3) is 2.28. The van der Waals surface area contributed by atoms with Crippen molar-refractivity contribution in [2.45, 2.75) is 25.7 Å². The van der Waals surface area contributed by atoms with Crippen molar-refractivity contribution in [1.29, 1.82) is 0 Å². The van der Waals surface area contributed by atoms with Gasteiger partial charge in [-0.2, -0.15) is 0 Å². The van der Waals surface area contributed by atoms with Crippen LogP contribution >= 0.6 is 27.5 Å². The van der Waals surface area contributed by atoms with E-state index in [1.807, 2.05) is 0 Å². The average Bonchev–Trinajstić information content (AvgIpc) is 2.96. The maximum atomic E-state index is 12.3. The van der Waals surface area contributed by atoms with E-state index in [1.165, 1.54) is 19.3 Å². The van der Waals surface area contributed by atoms with Gasteiger partial charge >= 0.3 is 0 Å². The fourth-order valence-electron chi connectivity index (χ4n) is 3.30. The van der Waals surface area contributed by atoms with E-state index in [-0.39, 0.29) is 11.8 Å². The quantitative estimate of drug-likeness (QED) is 0.837. The highest BCUT2D eigenvalue weighted by Crippen LogP contribution is 2.48. The van der Waals surface area contributed by atoms with Crippen LogP contribution in [0.15, 0.2) is 16.7 Å². The predicted octanol–water partition coefficient (Wildman–Crippen LogP) is 3.87. The van der Waals surface area contributed by atoms with E-state index in [0.29, 0.717) is 16.8 Å². The summed E-state index contributed by atoms with van der Waals surface area (Å²) in [5.41, 5.74) is 0.596. The van der Waals surface area contributed by atoms with Crippen LogP contribution in [-0.2, 0) is 4.79 Å². The number of anilines is 1. The number of aromatic nitrogens is 1. The number of carbonyl (C=O) groups excluding carboxylic acids is 1. The molecule has 2 aliphatic rings. The van der Waals surface area contributed by atoms with Crippen molar-refractivity contribution in [3.05, 3.63) is 21.9 Å². The monoisotopic (exact) mass is 328 g/mol. The Hall–Kier alpha value is -0.610. The van der Waals surface area contributed by atoms with Crippen LogP contribution in [0.25, 0.3) is 0 Å². The number of fused-ring (bicyclic) bond motifs is 2. The molecule has 96 valence electrons. The van der Waals surface area contributed by atoms with Crippen LogP contribution in [0.4, 0.5) is 5.69 Å². The number of nitrogens with one attached hydrogen (secondary N) is 1. The highest BCUT2D eigenvalue weighted by Gasteiger charge is 2.43. The second-order valence-corrected chi connectivity index (χ2v) is 6.54. The highest BCUT2D eigenvalue weighted by atomic mass is 79.9. The Balaban J connectivity index is 1.72. The number of nitrogens with zero attached hydrogens (tertiary/aromatic N) is 1. The van der Waals surface area contributed by atoms with Crippen molar-refractivity contribution in [1.82, 2.24) is 4.98 Å². The van der Waals surface area contributed by atoms with E-state index in [2.05, 4.69) is 26.2 Å². The molecular weight excluding hydrogens is 316 g/mol. The normalized spacial score (nSPS) is 29.6. The van der Waals surface area contributed by atoms with Crippen molar-refractivity contribution in [2.75, 3.05) is 5.32 Å². The first-order valence-electron chi connectivity index (χ1n) is 6.25. The molecule has 18 heavy (non-hydrogen) atoms. The lowest BCUT2D eigenvalue weighted by atomic mass is 9.88. The van der Waals surface area contributed by atoms with Gasteiger partial charge in [-0.1, -0.05) is 18.0 Å². The molecule has 0 aliphatic heterocycles. The topological polar surface area (TPSA) is 42.0 Å². The Labute approximate surface area is 119 Å². The van der Waals surface area contributed by atoms with Crippen LogP contribution in [-0.4, -0.2) is 10.9 Å². The zero-order valence-corrected chi connectivity index (χ0v) is 12.2. The van der Waals surface area contributed by atoms with Gasteiger partial charge in [0.25, 0.3) is 0 Å². The van der Waals surface area contributed by atoms with Gasteiger partial charge in [-0.15, -0.1) is 0 Å². The van der Waals surface area contributed by atoms with Gasteiger partial charge in [0.05, 0.1) is 5.69 Å². The van der Waals surface area contributed by atoms with E-state index in [9.17, 15) is 4.79 Å². The fraction of sp³-hybridized carbons (Fsp3) is 0.538. The van der Waals surface area contributed by atoms with E-state index in [0.717, 1.165) is 16.8 Å². The molecule has 1 amide bonds. The molecule has 0 saturated heterocycles. The van der Waals surface area contributed by atoms with Gasteiger partial charge in [-0.3, -0.25) is 4.79 Å². The van der Waals surface area contributed by atoms with Crippen LogP contribution in [0, 0.1) is 17.8 Å². The van der Waals surface area contributed by atoms with Crippen LogP contribution in [0.1, 0.15) is 25.7 Å². The maximum Gasteiger partial charge on any atom is 0.227 e. The largest absolute Gasteiger partial charge is 0.323 e. The Morgan fingerprint density at radius 3 is 2.94 bits per heavy atom. The van der Waals surface area contributed by atoms with Crippen LogP contribution in [0.5, 0.6) is 0 Å². The highest BCUT2D eigenvalue weighted by molar-refractivity contribution is 9.10. The molecule has 3 nitrogen and oxygen atoms in total. The minimum Gasteiger partial charge on any atom is -0.323 e. The second-order valence-electron chi connectivity index (χ2n) is 5.26. The van der Waals surface area contributed by atoms with E-state index in [4.69, 9.17) is 11.6 Å². The number of carbonyl (C=O) groups is 1. The molecule has 0 aromatic carbocycles. The van der Waals surface area contributed by atoms with Crippen LogP contribution < -0.4 is 5.32 Å². The van der Waals surface area contributed by atoms with Crippen LogP contribution in [0.2, 0.25) is 5.15 Å². The minimum atomic E-state index is 0.101. The molecule has 1 N–H and O–H groups in total. The van der Waals surface area contributed by atoms with E-state index in [1.54, 1.807) is 12.3 Å². The molecule has 2 saturated carbocycles. The summed E-state index contributed by atoms with van der Waals surface area (Å²) in [4.78, 5) is 16.3. The number of hydrogen-bond donors (Lipinski definition) is 1. The predicted molar refractivity (Wildman–Crippen MR) is 74.5 cm³/mol. The lowest BCUT2D eigenvalue weighted by Crippen LogP contribution is -2.27. The molecular formula is C13H14BrClN2O. The molecule has 3 rings (SSSR count). The van der Waals surface area contributed by atoms with Gasteiger partial charge in [0.15, 0.2) is 5.15 Å². The summed E-state index contributed by atoms with van der Waals surface area (Å²) in [7, 11) is 0. The van der Waals surface area contributed by atoms with Crippen LogP contribution in [0.3, 0.4) is 0 Å². The number of amides is 1. The molecule has 2 aliphatic carbocycles. The molecule has 0 spiro atoms. The summed E-state index contributed by atoms with van der Waals surface area (Å²) in [5, 5.41) is 3.26. The summed E-state index contributed by atoms with van der Waals surface area (Å²) in [6, 6.07) is 1.79. The molecule has 2 bridgehead atoms. The number of halogens is 2. The lowest BCUT2D eigenvalue weighted by Gasteiger charge is -2.21. The molecule has 1 aromatic heterocycles. The van der Waals surface area contributed by atoms with Gasteiger partial charge in [0.2, 0.25) is 5.91 Å². The lowest BCUT2D eigenvalue weighted by molar-refractivity contribution is -0.121.